The van der Waals surface area contributed by atoms with Gasteiger partial charge < -0.3 is 9.88 Å². The van der Waals surface area contributed by atoms with Crippen molar-refractivity contribution in [2.75, 3.05) is 13.1 Å². The van der Waals surface area contributed by atoms with E-state index in [4.69, 9.17) is 0 Å². The lowest BCUT2D eigenvalue weighted by atomic mass is 10.3. The zero-order valence-electron chi connectivity index (χ0n) is 13.8. The molecule has 0 radical (unpaired) electrons. The van der Waals surface area contributed by atoms with Gasteiger partial charge in [0.25, 0.3) is 0 Å². The highest BCUT2D eigenvalue weighted by molar-refractivity contribution is 7.09. The standard InChI is InChI=1S/C17H23N5OS/c23-16(9-13-1-2-13)20-11-14-10-19-15-3-5-21(6-7-22(14)15)12-17-18-4-8-24-17/h4,8,10,13H,1-3,5-7,9,11-12H2,(H,20,23). The molecule has 0 spiro atoms. The highest BCUT2D eigenvalue weighted by Gasteiger charge is 2.24. The third kappa shape index (κ3) is 3.84. The van der Waals surface area contributed by atoms with Crippen molar-refractivity contribution < 1.29 is 4.79 Å². The van der Waals surface area contributed by atoms with Crippen LogP contribution in [0.3, 0.4) is 0 Å². The number of nitrogens with zero attached hydrogens (tertiary/aromatic N) is 4. The van der Waals surface area contributed by atoms with Crippen molar-refractivity contribution in [3.05, 3.63) is 34.3 Å². The van der Waals surface area contributed by atoms with E-state index < -0.39 is 0 Å². The third-order valence-electron chi connectivity index (χ3n) is 4.79. The Bertz CT molecular complexity index is 692. The molecule has 1 amide bonds. The van der Waals surface area contributed by atoms with Gasteiger partial charge in [-0.25, -0.2) is 9.97 Å². The van der Waals surface area contributed by atoms with Crippen LogP contribution in [0, 0.1) is 5.92 Å². The number of carbonyl (C=O) groups is 1. The molecular formula is C17H23N5OS. The number of hydrogen-bond donors (Lipinski definition) is 1. The van der Waals surface area contributed by atoms with Gasteiger partial charge in [0.1, 0.15) is 10.8 Å². The van der Waals surface area contributed by atoms with Gasteiger partial charge in [-0.1, -0.05) is 0 Å². The zero-order valence-corrected chi connectivity index (χ0v) is 14.6. The van der Waals surface area contributed by atoms with Gasteiger partial charge in [-0.05, 0) is 18.8 Å². The van der Waals surface area contributed by atoms with Crippen LogP contribution in [0.25, 0.3) is 0 Å². The van der Waals surface area contributed by atoms with Crippen molar-refractivity contribution in [1.29, 1.82) is 0 Å². The van der Waals surface area contributed by atoms with Gasteiger partial charge in [0.15, 0.2) is 0 Å². The fourth-order valence-electron chi connectivity index (χ4n) is 3.20. The van der Waals surface area contributed by atoms with Crippen LogP contribution in [0.4, 0.5) is 0 Å². The number of imidazole rings is 1. The van der Waals surface area contributed by atoms with E-state index in [2.05, 4.69) is 24.8 Å². The van der Waals surface area contributed by atoms with Crippen molar-refractivity contribution in [2.24, 2.45) is 5.92 Å². The summed E-state index contributed by atoms with van der Waals surface area (Å²) in [6.45, 7) is 4.42. The van der Waals surface area contributed by atoms with Gasteiger partial charge in [-0.15, -0.1) is 11.3 Å². The molecule has 1 saturated carbocycles. The topological polar surface area (TPSA) is 63.1 Å². The van der Waals surface area contributed by atoms with Crippen LogP contribution in [-0.4, -0.2) is 38.4 Å². The Morgan fingerprint density at radius 3 is 3.00 bits per heavy atom. The number of aromatic nitrogens is 3. The Kier molecular flexibility index (Phi) is 4.62. The molecule has 7 heteroatoms. The molecule has 1 aliphatic carbocycles. The molecule has 3 heterocycles. The van der Waals surface area contributed by atoms with Crippen LogP contribution in [-0.2, 0) is 30.8 Å². The Morgan fingerprint density at radius 2 is 2.21 bits per heavy atom. The summed E-state index contributed by atoms with van der Waals surface area (Å²) in [7, 11) is 0. The lowest BCUT2D eigenvalue weighted by Crippen LogP contribution is -2.27. The van der Waals surface area contributed by atoms with Crippen LogP contribution >= 0.6 is 11.3 Å². The minimum absolute atomic E-state index is 0.173. The minimum Gasteiger partial charge on any atom is -0.350 e. The van der Waals surface area contributed by atoms with Crippen molar-refractivity contribution in [1.82, 2.24) is 24.8 Å². The monoisotopic (exact) mass is 345 g/mol. The Hall–Kier alpha value is -1.73. The maximum absolute atomic E-state index is 11.9. The van der Waals surface area contributed by atoms with Crippen molar-refractivity contribution >= 4 is 17.2 Å². The van der Waals surface area contributed by atoms with E-state index in [1.165, 1.54) is 17.8 Å². The summed E-state index contributed by atoms with van der Waals surface area (Å²) in [6, 6.07) is 0. The summed E-state index contributed by atoms with van der Waals surface area (Å²) in [6.07, 6.45) is 7.84. The van der Waals surface area contributed by atoms with E-state index in [1.807, 2.05) is 17.8 Å². The van der Waals surface area contributed by atoms with E-state index in [0.29, 0.717) is 18.9 Å². The molecule has 1 aliphatic heterocycles. The van der Waals surface area contributed by atoms with Crippen molar-refractivity contribution in [2.45, 2.75) is 45.3 Å². The zero-order chi connectivity index (χ0) is 16.4. The maximum Gasteiger partial charge on any atom is 0.220 e. The average molecular weight is 345 g/mol. The maximum atomic E-state index is 11.9. The second kappa shape index (κ2) is 7.03. The average Bonchev–Trinajstić information content (AvgIpc) is 3.15. The fourth-order valence-corrected chi connectivity index (χ4v) is 3.86. The SMILES string of the molecule is O=C(CC1CC1)NCc1cnc2n1CCN(Cc1nccs1)CC2. The summed E-state index contributed by atoms with van der Waals surface area (Å²) in [5.41, 5.74) is 1.12. The lowest BCUT2D eigenvalue weighted by molar-refractivity contribution is -0.121. The first kappa shape index (κ1) is 15.8. The second-order valence-corrected chi connectivity index (χ2v) is 7.67. The first-order chi connectivity index (χ1) is 11.8. The number of fused-ring (bicyclic) bond motifs is 1. The quantitative estimate of drug-likeness (QED) is 0.867. The number of hydrogen-bond acceptors (Lipinski definition) is 5. The largest absolute Gasteiger partial charge is 0.350 e. The van der Waals surface area contributed by atoms with E-state index in [9.17, 15) is 4.79 Å². The predicted molar refractivity (Wildman–Crippen MR) is 92.5 cm³/mol. The Labute approximate surface area is 145 Å². The van der Waals surface area contributed by atoms with Crippen molar-refractivity contribution in [3.63, 3.8) is 0 Å². The number of amides is 1. The predicted octanol–water partition coefficient (Wildman–Crippen LogP) is 1.81. The second-order valence-electron chi connectivity index (χ2n) is 6.69. The molecule has 0 aromatic carbocycles. The van der Waals surface area contributed by atoms with Gasteiger partial charge in [-0.3, -0.25) is 9.69 Å². The van der Waals surface area contributed by atoms with E-state index in [1.54, 1.807) is 11.3 Å². The first-order valence-corrected chi connectivity index (χ1v) is 9.56. The number of carbonyl (C=O) groups excluding carboxylic acids is 1. The number of thiazole rings is 1. The molecule has 24 heavy (non-hydrogen) atoms. The number of nitrogens with one attached hydrogen (secondary N) is 1. The van der Waals surface area contributed by atoms with Gasteiger partial charge >= 0.3 is 0 Å². The molecule has 1 fully saturated rings. The molecule has 0 saturated heterocycles. The van der Waals surface area contributed by atoms with Gasteiger partial charge in [-0.2, -0.15) is 0 Å². The smallest absolute Gasteiger partial charge is 0.220 e. The van der Waals surface area contributed by atoms with E-state index >= 15 is 0 Å². The highest BCUT2D eigenvalue weighted by Crippen LogP contribution is 2.32. The molecule has 1 N–H and O–H groups in total. The summed E-state index contributed by atoms with van der Waals surface area (Å²) in [4.78, 5) is 23.3. The molecule has 4 rings (SSSR count). The molecule has 2 aromatic heterocycles. The molecule has 2 aromatic rings. The Balaban J connectivity index is 1.33. The first-order valence-electron chi connectivity index (χ1n) is 8.68. The van der Waals surface area contributed by atoms with Crippen LogP contribution in [0.1, 0.15) is 35.8 Å². The number of rotatable bonds is 6. The van der Waals surface area contributed by atoms with Gasteiger partial charge in [0.05, 0.1) is 25.0 Å². The summed E-state index contributed by atoms with van der Waals surface area (Å²) in [5.74, 6) is 1.93. The summed E-state index contributed by atoms with van der Waals surface area (Å²) >= 11 is 1.71. The molecule has 128 valence electrons. The Morgan fingerprint density at radius 1 is 1.29 bits per heavy atom. The summed E-state index contributed by atoms with van der Waals surface area (Å²) < 4.78 is 2.28. The van der Waals surface area contributed by atoms with Crippen LogP contribution < -0.4 is 5.32 Å². The van der Waals surface area contributed by atoms with E-state index in [0.717, 1.165) is 44.1 Å². The molecule has 0 bridgehead atoms. The van der Waals surface area contributed by atoms with Crippen LogP contribution in [0.5, 0.6) is 0 Å². The fraction of sp³-hybridized carbons (Fsp3) is 0.588. The third-order valence-corrected chi connectivity index (χ3v) is 5.56. The summed E-state index contributed by atoms with van der Waals surface area (Å²) in [5, 5.41) is 6.25. The molecule has 2 aliphatic rings. The molecule has 6 nitrogen and oxygen atoms in total. The normalized spacial score (nSPS) is 18.2. The van der Waals surface area contributed by atoms with Gasteiger partial charge in [0, 0.05) is 44.1 Å². The highest BCUT2D eigenvalue weighted by atomic mass is 32.1. The van der Waals surface area contributed by atoms with Crippen LogP contribution in [0.2, 0.25) is 0 Å². The molecular weight excluding hydrogens is 322 g/mol. The van der Waals surface area contributed by atoms with Crippen molar-refractivity contribution in [3.8, 4) is 0 Å². The molecule has 0 atom stereocenters. The lowest BCUT2D eigenvalue weighted by Gasteiger charge is -2.18. The minimum atomic E-state index is 0.173. The van der Waals surface area contributed by atoms with Crippen LogP contribution in [0.15, 0.2) is 17.8 Å². The molecule has 0 unspecified atom stereocenters. The van der Waals surface area contributed by atoms with Gasteiger partial charge in [0.2, 0.25) is 5.91 Å². The van der Waals surface area contributed by atoms with E-state index in [-0.39, 0.29) is 5.91 Å².